The first-order chi connectivity index (χ1) is 32.2. The van der Waals surface area contributed by atoms with E-state index in [2.05, 4.69) is 5.32 Å². The number of rotatable bonds is 13. The van der Waals surface area contributed by atoms with Crippen molar-refractivity contribution in [3.8, 4) is 51.4 Å². The quantitative estimate of drug-likeness (QED) is 0.0622. The van der Waals surface area contributed by atoms with E-state index in [9.17, 15) is 25.5 Å². The molecule has 2 saturated carbocycles. The van der Waals surface area contributed by atoms with Gasteiger partial charge in [-0.2, -0.15) is 0 Å². The molecule has 12 heteroatoms. The van der Waals surface area contributed by atoms with Crippen LogP contribution in [0.1, 0.15) is 104 Å². The van der Waals surface area contributed by atoms with Gasteiger partial charge in [0.1, 0.15) is 46.4 Å². The van der Waals surface area contributed by atoms with Gasteiger partial charge in [0.15, 0.2) is 0 Å². The van der Waals surface area contributed by atoms with Gasteiger partial charge in [-0.3, -0.25) is 0 Å². The number of benzene rings is 5. The fourth-order valence-electron chi connectivity index (χ4n) is 11.7. The van der Waals surface area contributed by atoms with E-state index in [1.54, 1.807) is 49.6 Å². The fraction of sp³-hybridized carbons (Fsp3) is 0.481. The Bertz CT molecular complexity index is 2540. The molecule has 0 radical (unpaired) electrons. The SMILES string of the molecule is CN[C@@H]1CC[C@@H](O)C[C@H]1O[C@H]1c2c3c(c4cc(O)ccc4c2O[C@H](CCCOC)[C@H]1[C@H]1COc2c(Cc4cc(O)ccc4-c4cccc(O)c4)cc(OC4CCCC4)cc2[C@H]1O)OCCC3. The second-order valence-corrected chi connectivity index (χ2v) is 19.1. The van der Waals surface area contributed by atoms with Gasteiger partial charge in [0.25, 0.3) is 0 Å². The summed E-state index contributed by atoms with van der Waals surface area (Å²) in [5, 5.41) is 61.4. The summed E-state index contributed by atoms with van der Waals surface area (Å²) in [6.07, 6.45) is 6.28. The van der Waals surface area contributed by atoms with E-state index in [4.69, 9.17) is 28.4 Å². The Kier molecular flexibility index (Phi) is 12.9. The summed E-state index contributed by atoms with van der Waals surface area (Å²) in [7, 11) is 3.64. The lowest BCUT2D eigenvalue weighted by Crippen LogP contribution is -2.51. The zero-order chi connectivity index (χ0) is 45.5. The van der Waals surface area contributed by atoms with Crippen molar-refractivity contribution in [3.63, 3.8) is 0 Å². The number of phenols is 3. The van der Waals surface area contributed by atoms with Crippen LogP contribution in [0.25, 0.3) is 21.9 Å². The Balaban J connectivity index is 1.11. The van der Waals surface area contributed by atoms with Gasteiger partial charge in [-0.25, -0.2) is 0 Å². The van der Waals surface area contributed by atoms with Gasteiger partial charge in [-0.1, -0.05) is 18.2 Å². The molecular weight excluding hydrogens is 839 g/mol. The number of aliphatic hydroxyl groups excluding tert-OH is 2. The predicted molar refractivity (Wildman–Crippen MR) is 250 cm³/mol. The van der Waals surface area contributed by atoms with Gasteiger partial charge in [-0.05, 0) is 143 Å². The van der Waals surface area contributed by atoms with Crippen molar-refractivity contribution in [2.24, 2.45) is 11.8 Å². The van der Waals surface area contributed by atoms with Crippen LogP contribution in [0.15, 0.2) is 72.8 Å². The van der Waals surface area contributed by atoms with Gasteiger partial charge < -0.3 is 59.3 Å². The number of nitrogens with one attached hydrogen (secondary N) is 1. The molecule has 10 rings (SSSR count). The number of aliphatic hydroxyl groups is 2. The number of phenolic OH excluding ortho intramolecular Hbond substituents is 3. The summed E-state index contributed by atoms with van der Waals surface area (Å²) < 4.78 is 40.6. The van der Waals surface area contributed by atoms with E-state index in [1.165, 1.54) is 0 Å². The van der Waals surface area contributed by atoms with E-state index >= 15 is 0 Å². The monoisotopic (exact) mass is 901 g/mol. The molecule has 0 aromatic heterocycles. The molecule has 2 fully saturated rings. The number of fused-ring (bicyclic) bond motifs is 7. The zero-order valence-corrected chi connectivity index (χ0v) is 37.9. The van der Waals surface area contributed by atoms with Gasteiger partial charge in [-0.15, -0.1) is 0 Å². The van der Waals surface area contributed by atoms with Crippen LogP contribution < -0.4 is 24.3 Å². The number of hydrogen-bond acceptors (Lipinski definition) is 12. The number of ether oxygens (including phenoxy) is 6. The fourth-order valence-corrected chi connectivity index (χ4v) is 11.7. The number of hydrogen-bond donors (Lipinski definition) is 6. The van der Waals surface area contributed by atoms with Crippen molar-refractivity contribution in [2.45, 2.75) is 120 Å². The molecule has 0 bridgehead atoms. The van der Waals surface area contributed by atoms with Crippen molar-refractivity contribution in [3.05, 3.63) is 101 Å². The summed E-state index contributed by atoms with van der Waals surface area (Å²) in [5.74, 6) is 2.11. The summed E-state index contributed by atoms with van der Waals surface area (Å²) in [4.78, 5) is 0. The summed E-state index contributed by atoms with van der Waals surface area (Å²) in [6.45, 7) is 1.22. The van der Waals surface area contributed by atoms with Crippen LogP contribution in [-0.4, -0.2) is 90.0 Å². The Morgan fingerprint density at radius 2 is 1.61 bits per heavy atom. The first-order valence-electron chi connectivity index (χ1n) is 24.0. The summed E-state index contributed by atoms with van der Waals surface area (Å²) in [6, 6.07) is 21.6. The first-order valence-corrected chi connectivity index (χ1v) is 24.0. The van der Waals surface area contributed by atoms with Gasteiger partial charge in [0.2, 0.25) is 0 Å². The first kappa shape index (κ1) is 44.6. The van der Waals surface area contributed by atoms with Crippen molar-refractivity contribution in [1.82, 2.24) is 5.32 Å². The standard InChI is InChI=1S/C54H63NO11/c1-55-45-19-16-36(59)27-47(45)66-54-48(46(13-7-20-61-2)65-53-40-18-15-35(58)26-42(40)52-41(49(53)54)12-6-21-62-52)44-29-63-51-32(25-38(28-43(51)50(44)60)64-37-10-3-4-11-37)22-31-24-34(57)14-17-39(31)30-8-5-9-33(56)23-30/h5,8-9,14-15,17-18,23-26,28,36-37,44-48,50,54-60H,3-4,6-7,10-13,16,19-22,27,29H2,1-2H3/t36-,44-,45-,46-,47-,48-,50-,54-/m1/s1. The van der Waals surface area contributed by atoms with Crippen LogP contribution in [0.4, 0.5) is 0 Å². The molecule has 0 spiro atoms. The maximum atomic E-state index is 13.2. The lowest BCUT2D eigenvalue weighted by molar-refractivity contribution is -0.151. The van der Waals surface area contributed by atoms with Crippen LogP contribution in [0.2, 0.25) is 0 Å². The van der Waals surface area contributed by atoms with Crippen molar-refractivity contribution in [1.29, 1.82) is 0 Å². The molecule has 66 heavy (non-hydrogen) atoms. The smallest absolute Gasteiger partial charge is 0.133 e. The molecule has 350 valence electrons. The third-order valence-electron chi connectivity index (χ3n) is 14.8. The highest BCUT2D eigenvalue weighted by molar-refractivity contribution is 5.97. The second kappa shape index (κ2) is 19.2. The second-order valence-electron chi connectivity index (χ2n) is 19.1. The lowest BCUT2D eigenvalue weighted by atomic mass is 9.71. The molecule has 0 unspecified atom stereocenters. The highest BCUT2D eigenvalue weighted by Crippen LogP contribution is 2.57. The minimum atomic E-state index is -1.03. The van der Waals surface area contributed by atoms with Crippen molar-refractivity contribution < 1.29 is 54.0 Å². The minimum Gasteiger partial charge on any atom is -0.508 e. The normalized spacial score (nSPS) is 26.1. The molecule has 6 N–H and O–H groups in total. The minimum absolute atomic E-state index is 0.00922. The highest BCUT2D eigenvalue weighted by Gasteiger charge is 2.51. The molecule has 8 atom stereocenters. The molecule has 12 nitrogen and oxygen atoms in total. The average Bonchev–Trinajstić information content (AvgIpc) is 3.83. The zero-order valence-electron chi connectivity index (χ0n) is 37.9. The topological polar surface area (TPSA) is 169 Å². The lowest BCUT2D eigenvalue weighted by Gasteiger charge is -2.49. The van der Waals surface area contributed by atoms with E-state index in [-0.39, 0.29) is 42.1 Å². The van der Waals surface area contributed by atoms with E-state index in [0.29, 0.717) is 74.6 Å². The maximum Gasteiger partial charge on any atom is 0.133 e. The molecule has 5 aromatic rings. The number of methoxy groups -OCH3 is 1. The third kappa shape index (κ3) is 8.74. The summed E-state index contributed by atoms with van der Waals surface area (Å²) >= 11 is 0. The molecule has 2 aliphatic carbocycles. The Morgan fingerprint density at radius 1 is 0.788 bits per heavy atom. The number of likely N-dealkylation sites (N-methyl/N-ethyl adjacent to an activating group) is 1. The van der Waals surface area contributed by atoms with E-state index in [1.807, 2.05) is 37.4 Å². The molecule has 5 aliphatic rings. The average molecular weight is 902 g/mol. The Morgan fingerprint density at radius 3 is 2.42 bits per heavy atom. The molecule has 0 saturated heterocycles. The van der Waals surface area contributed by atoms with E-state index < -0.39 is 36.3 Å². The number of aromatic hydroxyl groups is 3. The van der Waals surface area contributed by atoms with Crippen LogP contribution in [0.5, 0.6) is 40.2 Å². The molecule has 0 amide bonds. The highest BCUT2D eigenvalue weighted by atomic mass is 16.5. The van der Waals surface area contributed by atoms with Gasteiger partial charge in [0.05, 0.1) is 43.7 Å². The molecule has 3 heterocycles. The summed E-state index contributed by atoms with van der Waals surface area (Å²) in [5.41, 5.74) is 5.80. The van der Waals surface area contributed by atoms with Crippen LogP contribution in [0, 0.1) is 11.8 Å². The van der Waals surface area contributed by atoms with E-state index in [0.717, 1.165) is 88.4 Å². The van der Waals surface area contributed by atoms with Crippen LogP contribution >= 0.6 is 0 Å². The predicted octanol–water partition coefficient (Wildman–Crippen LogP) is 8.97. The van der Waals surface area contributed by atoms with Crippen LogP contribution in [-0.2, 0) is 22.3 Å². The van der Waals surface area contributed by atoms with Crippen LogP contribution in [0.3, 0.4) is 0 Å². The van der Waals surface area contributed by atoms with Crippen molar-refractivity contribution >= 4 is 10.8 Å². The molecular formula is C54H63NO11. The molecule has 5 aromatic carbocycles. The molecule has 3 aliphatic heterocycles. The van der Waals surface area contributed by atoms with Gasteiger partial charge >= 0.3 is 0 Å². The Labute approximate surface area is 386 Å². The Hall–Kier alpha value is -5.24. The van der Waals surface area contributed by atoms with Crippen molar-refractivity contribution in [2.75, 3.05) is 34.0 Å². The van der Waals surface area contributed by atoms with Gasteiger partial charge in [0, 0.05) is 77.5 Å². The largest absolute Gasteiger partial charge is 0.508 e. The third-order valence-corrected chi connectivity index (χ3v) is 14.8. The maximum absolute atomic E-state index is 13.2.